The van der Waals surface area contributed by atoms with Crippen LogP contribution in [0, 0.1) is 6.92 Å². The summed E-state index contributed by atoms with van der Waals surface area (Å²) in [6.45, 7) is 1.77. The third-order valence-electron chi connectivity index (χ3n) is 3.19. The molecule has 0 saturated heterocycles. The molecule has 1 heterocycles. The number of hydrogen-bond acceptors (Lipinski definition) is 4. The van der Waals surface area contributed by atoms with E-state index in [4.69, 9.17) is 10.9 Å². The lowest BCUT2D eigenvalue weighted by atomic mass is 10.1. The van der Waals surface area contributed by atoms with Gasteiger partial charge in [0.1, 0.15) is 0 Å². The molecule has 1 aromatic carbocycles. The first-order valence-corrected chi connectivity index (χ1v) is 6.33. The highest BCUT2D eigenvalue weighted by atomic mass is 16.4. The van der Waals surface area contributed by atoms with Gasteiger partial charge in [-0.1, -0.05) is 17.3 Å². The summed E-state index contributed by atoms with van der Waals surface area (Å²) in [5.74, 6) is -0.257. The van der Waals surface area contributed by atoms with Crippen LogP contribution >= 0.6 is 0 Å². The number of aryl methyl sites for hydroxylation is 1. The molecule has 6 heteroatoms. The monoisotopic (exact) mass is 284 g/mol. The molecule has 108 valence electrons. The molecule has 21 heavy (non-hydrogen) atoms. The minimum atomic E-state index is -0.209. The van der Waals surface area contributed by atoms with Gasteiger partial charge in [0.05, 0.1) is 11.3 Å². The van der Waals surface area contributed by atoms with Crippen molar-refractivity contribution < 1.29 is 10.0 Å². The summed E-state index contributed by atoms with van der Waals surface area (Å²) >= 11 is 0. The first-order valence-electron chi connectivity index (χ1n) is 6.33. The number of carbonyl (C=O) groups excluding carboxylic acids is 1. The number of oxime groups is 1. The molecule has 0 bridgehead atoms. The highest BCUT2D eigenvalue weighted by molar-refractivity contribution is 6.11. The molecule has 0 aliphatic heterocycles. The van der Waals surface area contributed by atoms with E-state index in [2.05, 4.69) is 10.1 Å². The first-order chi connectivity index (χ1) is 10.1. The van der Waals surface area contributed by atoms with Crippen molar-refractivity contribution in [3.05, 3.63) is 59.4 Å². The standard InChI is InChI=1S/C15H16N4O2/c1-10-11(7-5-9-17-10)15(20)19(2)13-8-4-3-6-12(13)14(16)18-21/h3-9,21H,1-2H3,(H2,16,18). The summed E-state index contributed by atoms with van der Waals surface area (Å²) in [4.78, 5) is 18.1. The molecule has 6 nitrogen and oxygen atoms in total. The lowest BCUT2D eigenvalue weighted by Gasteiger charge is -2.20. The van der Waals surface area contributed by atoms with Gasteiger partial charge in [-0.15, -0.1) is 0 Å². The SMILES string of the molecule is Cc1ncccc1C(=O)N(C)c1ccccc1/C(N)=N/O. The van der Waals surface area contributed by atoms with Crippen LogP contribution in [0.5, 0.6) is 0 Å². The van der Waals surface area contributed by atoms with E-state index in [0.717, 1.165) is 0 Å². The molecule has 2 aromatic rings. The third kappa shape index (κ3) is 2.84. The molecule has 0 aliphatic rings. The molecule has 0 radical (unpaired) electrons. The van der Waals surface area contributed by atoms with Crippen molar-refractivity contribution in [1.29, 1.82) is 0 Å². The zero-order valence-corrected chi connectivity index (χ0v) is 11.8. The Morgan fingerprint density at radius 2 is 1.90 bits per heavy atom. The highest BCUT2D eigenvalue weighted by Crippen LogP contribution is 2.21. The van der Waals surface area contributed by atoms with Crippen molar-refractivity contribution in [3.8, 4) is 0 Å². The fraction of sp³-hybridized carbons (Fsp3) is 0.133. The number of para-hydroxylation sites is 1. The Morgan fingerprint density at radius 3 is 2.57 bits per heavy atom. The quantitative estimate of drug-likeness (QED) is 0.389. The number of pyridine rings is 1. The normalized spacial score (nSPS) is 11.2. The largest absolute Gasteiger partial charge is 0.409 e. The zero-order chi connectivity index (χ0) is 15.4. The predicted octanol–water partition coefficient (Wildman–Crippen LogP) is 1.76. The fourth-order valence-electron chi connectivity index (χ4n) is 2.04. The molecule has 0 aliphatic carbocycles. The van der Waals surface area contributed by atoms with Crippen LogP contribution in [0.3, 0.4) is 0 Å². The Labute approximate surface area is 122 Å². The van der Waals surface area contributed by atoms with Gasteiger partial charge in [-0.2, -0.15) is 0 Å². The van der Waals surface area contributed by atoms with Crippen LogP contribution in [0.1, 0.15) is 21.6 Å². The second-order valence-electron chi connectivity index (χ2n) is 4.50. The van der Waals surface area contributed by atoms with E-state index in [1.54, 1.807) is 56.6 Å². The zero-order valence-electron chi connectivity index (χ0n) is 11.8. The van der Waals surface area contributed by atoms with Crippen molar-refractivity contribution in [2.75, 3.05) is 11.9 Å². The van der Waals surface area contributed by atoms with Crippen molar-refractivity contribution >= 4 is 17.4 Å². The van der Waals surface area contributed by atoms with E-state index in [9.17, 15) is 4.79 Å². The van der Waals surface area contributed by atoms with Crippen LogP contribution in [0.15, 0.2) is 47.8 Å². The minimum Gasteiger partial charge on any atom is -0.409 e. The van der Waals surface area contributed by atoms with Gasteiger partial charge in [-0.05, 0) is 31.2 Å². The molecule has 0 spiro atoms. The predicted molar refractivity (Wildman–Crippen MR) is 80.7 cm³/mol. The average Bonchev–Trinajstić information content (AvgIpc) is 2.53. The van der Waals surface area contributed by atoms with E-state index >= 15 is 0 Å². The number of amides is 1. The lowest BCUT2D eigenvalue weighted by molar-refractivity contribution is 0.0992. The van der Waals surface area contributed by atoms with Gasteiger partial charge in [0.25, 0.3) is 5.91 Å². The summed E-state index contributed by atoms with van der Waals surface area (Å²) < 4.78 is 0. The number of hydrogen-bond donors (Lipinski definition) is 2. The van der Waals surface area contributed by atoms with Crippen LogP contribution in [0.25, 0.3) is 0 Å². The number of nitrogens with zero attached hydrogens (tertiary/aromatic N) is 3. The van der Waals surface area contributed by atoms with Gasteiger partial charge in [0.15, 0.2) is 5.84 Å². The molecular weight excluding hydrogens is 268 g/mol. The molecular formula is C15H16N4O2. The van der Waals surface area contributed by atoms with E-state index in [1.807, 2.05) is 0 Å². The number of rotatable bonds is 3. The Kier molecular flexibility index (Phi) is 4.18. The molecule has 0 fully saturated rings. The summed E-state index contributed by atoms with van der Waals surface area (Å²) in [5.41, 5.74) is 7.85. The van der Waals surface area contributed by atoms with Crippen LogP contribution in [-0.2, 0) is 0 Å². The molecule has 3 N–H and O–H groups in total. The third-order valence-corrected chi connectivity index (χ3v) is 3.19. The smallest absolute Gasteiger partial charge is 0.259 e. The average molecular weight is 284 g/mol. The Morgan fingerprint density at radius 1 is 1.24 bits per heavy atom. The number of nitrogens with two attached hydrogens (primary N) is 1. The molecule has 1 amide bonds. The molecule has 1 aromatic heterocycles. The van der Waals surface area contributed by atoms with Crippen LogP contribution in [0.2, 0.25) is 0 Å². The van der Waals surface area contributed by atoms with Crippen molar-refractivity contribution in [1.82, 2.24) is 4.98 Å². The lowest BCUT2D eigenvalue weighted by Crippen LogP contribution is -2.29. The maximum Gasteiger partial charge on any atom is 0.259 e. The summed E-state index contributed by atoms with van der Waals surface area (Å²) in [7, 11) is 1.64. The van der Waals surface area contributed by atoms with E-state index in [0.29, 0.717) is 22.5 Å². The topological polar surface area (TPSA) is 91.8 Å². The second-order valence-corrected chi connectivity index (χ2v) is 4.50. The summed E-state index contributed by atoms with van der Waals surface area (Å²) in [6.07, 6.45) is 1.64. The van der Waals surface area contributed by atoms with E-state index in [1.165, 1.54) is 4.90 Å². The number of benzene rings is 1. The Hall–Kier alpha value is -2.89. The molecule has 0 saturated carbocycles. The van der Waals surface area contributed by atoms with Gasteiger partial charge >= 0.3 is 0 Å². The summed E-state index contributed by atoms with van der Waals surface area (Å²) in [6, 6.07) is 10.4. The second kappa shape index (κ2) is 6.04. The Balaban J connectivity index is 2.44. The van der Waals surface area contributed by atoms with E-state index in [-0.39, 0.29) is 11.7 Å². The van der Waals surface area contributed by atoms with Gasteiger partial charge in [0, 0.05) is 24.5 Å². The molecule has 0 unspecified atom stereocenters. The number of aromatic nitrogens is 1. The van der Waals surface area contributed by atoms with Gasteiger partial charge < -0.3 is 15.8 Å². The van der Waals surface area contributed by atoms with Gasteiger partial charge in [-0.3, -0.25) is 9.78 Å². The first kappa shape index (κ1) is 14.5. The Bertz CT molecular complexity index is 698. The number of carbonyl (C=O) groups is 1. The summed E-state index contributed by atoms with van der Waals surface area (Å²) in [5, 5.41) is 11.8. The van der Waals surface area contributed by atoms with Crippen molar-refractivity contribution in [3.63, 3.8) is 0 Å². The fourth-order valence-corrected chi connectivity index (χ4v) is 2.04. The number of amidine groups is 1. The van der Waals surface area contributed by atoms with Crippen molar-refractivity contribution in [2.45, 2.75) is 6.92 Å². The minimum absolute atomic E-state index is 0.0480. The maximum absolute atomic E-state index is 12.6. The van der Waals surface area contributed by atoms with Crippen molar-refractivity contribution in [2.24, 2.45) is 10.9 Å². The maximum atomic E-state index is 12.6. The van der Waals surface area contributed by atoms with Crippen LogP contribution < -0.4 is 10.6 Å². The molecule has 0 atom stereocenters. The van der Waals surface area contributed by atoms with E-state index < -0.39 is 0 Å². The number of anilines is 1. The highest BCUT2D eigenvalue weighted by Gasteiger charge is 2.19. The molecule has 2 rings (SSSR count). The van der Waals surface area contributed by atoms with Crippen LogP contribution in [0.4, 0.5) is 5.69 Å². The van der Waals surface area contributed by atoms with Gasteiger partial charge in [0.2, 0.25) is 0 Å². The van der Waals surface area contributed by atoms with Crippen LogP contribution in [-0.4, -0.2) is 29.0 Å². The van der Waals surface area contributed by atoms with Gasteiger partial charge in [-0.25, -0.2) is 0 Å².